The van der Waals surface area contributed by atoms with Crippen molar-refractivity contribution in [1.82, 2.24) is 9.29 Å². The molecule has 3 aromatic rings. The second-order valence-corrected chi connectivity index (χ2v) is 10.1. The lowest BCUT2D eigenvalue weighted by Gasteiger charge is -2.20. The molecule has 0 unspecified atom stereocenters. The third kappa shape index (κ3) is 6.17. The lowest BCUT2D eigenvalue weighted by atomic mass is 10.1. The van der Waals surface area contributed by atoms with Crippen molar-refractivity contribution in [3.05, 3.63) is 53.4 Å². The van der Waals surface area contributed by atoms with E-state index in [1.807, 2.05) is 12.1 Å². The molecule has 0 fully saturated rings. The number of aromatic nitrogens is 1. The average molecular weight is 526 g/mol. The van der Waals surface area contributed by atoms with Gasteiger partial charge in [-0.2, -0.15) is 14.8 Å². The second-order valence-electron chi connectivity index (χ2n) is 7.30. The minimum absolute atomic E-state index is 0.00257. The van der Waals surface area contributed by atoms with Gasteiger partial charge in [-0.1, -0.05) is 0 Å². The third-order valence-corrected chi connectivity index (χ3v) is 7.78. The van der Waals surface area contributed by atoms with Crippen molar-refractivity contribution < 1.29 is 22.7 Å². The number of carbonyl (C=O) groups is 1. The standard InChI is InChI=1S/C24H23N5O5S2/c1-33-18-7-10-22(34-2)20(15-18)21-16-35-24(27-21)28-23(30)17-5-8-19(9-6-17)36(31,32)29(13-3-11-25)14-4-12-26/h5-10,15-16H,3-4,13-14H2,1-2H3,(H,27,28,30). The van der Waals surface area contributed by atoms with Crippen LogP contribution in [0.1, 0.15) is 23.2 Å². The number of carbonyl (C=O) groups excluding carboxylic acids is 1. The first-order valence-electron chi connectivity index (χ1n) is 10.7. The van der Waals surface area contributed by atoms with Crippen LogP contribution in [0.4, 0.5) is 5.13 Å². The fourth-order valence-corrected chi connectivity index (χ4v) is 5.41. The monoisotopic (exact) mass is 525 g/mol. The quantitative estimate of drug-likeness (QED) is 0.397. The molecule has 36 heavy (non-hydrogen) atoms. The molecule has 0 atom stereocenters. The van der Waals surface area contributed by atoms with Gasteiger partial charge in [0.15, 0.2) is 5.13 Å². The molecular weight excluding hydrogens is 502 g/mol. The highest BCUT2D eigenvalue weighted by Gasteiger charge is 2.24. The van der Waals surface area contributed by atoms with Gasteiger partial charge in [-0.15, -0.1) is 11.3 Å². The number of benzene rings is 2. The van der Waals surface area contributed by atoms with Crippen LogP contribution in [0.25, 0.3) is 11.3 Å². The smallest absolute Gasteiger partial charge is 0.257 e. The van der Waals surface area contributed by atoms with Crippen molar-refractivity contribution in [2.24, 2.45) is 0 Å². The Labute approximate surface area is 213 Å². The molecule has 186 valence electrons. The van der Waals surface area contributed by atoms with E-state index < -0.39 is 15.9 Å². The highest BCUT2D eigenvalue weighted by Crippen LogP contribution is 2.35. The van der Waals surface area contributed by atoms with Crippen molar-refractivity contribution in [3.8, 4) is 34.9 Å². The molecule has 0 aliphatic heterocycles. The Morgan fingerprint density at radius 1 is 1.06 bits per heavy atom. The van der Waals surface area contributed by atoms with Crippen molar-refractivity contribution in [1.29, 1.82) is 10.5 Å². The summed E-state index contributed by atoms with van der Waals surface area (Å²) in [6.45, 7) is -0.0413. The molecule has 10 nitrogen and oxygen atoms in total. The molecular formula is C24H23N5O5S2. The van der Waals surface area contributed by atoms with E-state index in [1.165, 1.54) is 35.6 Å². The maximum absolute atomic E-state index is 12.9. The maximum atomic E-state index is 12.9. The van der Waals surface area contributed by atoms with Gasteiger partial charge in [-0.05, 0) is 42.5 Å². The largest absolute Gasteiger partial charge is 0.497 e. The van der Waals surface area contributed by atoms with Crippen molar-refractivity contribution >= 4 is 32.4 Å². The predicted octanol–water partition coefficient (Wildman–Crippen LogP) is 3.90. The van der Waals surface area contributed by atoms with E-state index in [0.29, 0.717) is 27.9 Å². The first kappa shape index (κ1) is 26.6. The predicted molar refractivity (Wildman–Crippen MR) is 134 cm³/mol. The zero-order chi connectivity index (χ0) is 26.1. The number of thiazole rings is 1. The summed E-state index contributed by atoms with van der Waals surface area (Å²) in [5, 5.41) is 22.5. The topological polar surface area (TPSA) is 145 Å². The number of nitrogens with one attached hydrogen (secondary N) is 1. The van der Waals surface area contributed by atoms with Crippen LogP contribution in [0.2, 0.25) is 0 Å². The SMILES string of the molecule is COc1ccc(OC)c(-c2csc(NC(=O)c3ccc(S(=O)(=O)N(CCC#N)CCC#N)cc3)n2)c1. The van der Waals surface area contributed by atoms with E-state index in [4.69, 9.17) is 20.0 Å². The third-order valence-electron chi connectivity index (χ3n) is 5.11. The minimum atomic E-state index is -3.92. The normalized spacial score (nSPS) is 10.9. The Bertz CT molecular complexity index is 1390. The summed E-state index contributed by atoms with van der Waals surface area (Å²) in [6, 6.07) is 14.6. The van der Waals surface area contributed by atoms with Crippen LogP contribution in [-0.2, 0) is 10.0 Å². The Balaban J connectivity index is 1.76. The van der Waals surface area contributed by atoms with Gasteiger partial charge >= 0.3 is 0 Å². The van der Waals surface area contributed by atoms with Crippen LogP contribution in [0.3, 0.4) is 0 Å². The van der Waals surface area contributed by atoms with Gasteiger partial charge in [0.2, 0.25) is 10.0 Å². The highest BCUT2D eigenvalue weighted by atomic mass is 32.2. The number of methoxy groups -OCH3 is 2. The van der Waals surface area contributed by atoms with Crippen LogP contribution >= 0.6 is 11.3 Å². The molecule has 3 rings (SSSR count). The van der Waals surface area contributed by atoms with Crippen molar-refractivity contribution in [2.75, 3.05) is 32.6 Å². The molecule has 0 saturated carbocycles. The molecule has 12 heteroatoms. The molecule has 1 aromatic heterocycles. The van der Waals surface area contributed by atoms with E-state index in [2.05, 4.69) is 10.3 Å². The summed E-state index contributed by atoms with van der Waals surface area (Å²) in [4.78, 5) is 17.2. The number of hydrogen-bond acceptors (Lipinski definition) is 9. The van der Waals surface area contributed by atoms with Gasteiger partial charge in [0.25, 0.3) is 5.91 Å². The van der Waals surface area contributed by atoms with Gasteiger partial charge in [0.05, 0.1) is 36.9 Å². The van der Waals surface area contributed by atoms with E-state index in [1.54, 1.807) is 37.8 Å². The Kier molecular flexibility index (Phi) is 8.97. The summed E-state index contributed by atoms with van der Waals surface area (Å²) in [7, 11) is -0.807. The number of sulfonamides is 1. The zero-order valence-electron chi connectivity index (χ0n) is 19.6. The van der Waals surface area contributed by atoms with Crippen LogP contribution < -0.4 is 14.8 Å². The summed E-state index contributed by atoms with van der Waals surface area (Å²) in [6.07, 6.45) is 0.00513. The highest BCUT2D eigenvalue weighted by molar-refractivity contribution is 7.89. The summed E-state index contributed by atoms with van der Waals surface area (Å²) < 4.78 is 37.6. The number of anilines is 1. The number of rotatable bonds is 11. The minimum Gasteiger partial charge on any atom is -0.497 e. The van der Waals surface area contributed by atoms with E-state index >= 15 is 0 Å². The van der Waals surface area contributed by atoms with Crippen LogP contribution in [0.15, 0.2) is 52.7 Å². The lowest BCUT2D eigenvalue weighted by Crippen LogP contribution is -2.32. The van der Waals surface area contributed by atoms with Gasteiger partial charge in [-0.25, -0.2) is 13.4 Å². The van der Waals surface area contributed by atoms with Gasteiger partial charge < -0.3 is 9.47 Å². The number of nitriles is 2. The number of hydrogen-bond donors (Lipinski definition) is 1. The lowest BCUT2D eigenvalue weighted by molar-refractivity contribution is 0.102. The van der Waals surface area contributed by atoms with Crippen LogP contribution in [0, 0.1) is 22.7 Å². The van der Waals surface area contributed by atoms with E-state index in [-0.39, 0.29) is 36.4 Å². The zero-order valence-corrected chi connectivity index (χ0v) is 21.2. The van der Waals surface area contributed by atoms with Crippen LogP contribution in [-0.4, -0.2) is 50.9 Å². The summed E-state index contributed by atoms with van der Waals surface area (Å²) in [5.74, 6) is 0.788. The van der Waals surface area contributed by atoms with Gasteiger partial charge in [0.1, 0.15) is 11.5 Å². The molecule has 0 aliphatic carbocycles. The molecule has 1 N–H and O–H groups in total. The first-order chi connectivity index (χ1) is 17.3. The molecule has 1 heterocycles. The second kappa shape index (κ2) is 12.1. The molecule has 1 amide bonds. The van der Waals surface area contributed by atoms with E-state index in [0.717, 1.165) is 4.31 Å². The number of ether oxygens (including phenoxy) is 2. The molecule has 0 spiro atoms. The molecule has 0 bridgehead atoms. The fourth-order valence-electron chi connectivity index (χ4n) is 3.27. The summed E-state index contributed by atoms with van der Waals surface area (Å²) in [5.41, 5.74) is 1.55. The maximum Gasteiger partial charge on any atom is 0.257 e. The number of nitrogens with zero attached hydrogens (tertiary/aromatic N) is 4. The van der Waals surface area contributed by atoms with Crippen molar-refractivity contribution in [2.45, 2.75) is 17.7 Å². The van der Waals surface area contributed by atoms with Crippen LogP contribution in [0.5, 0.6) is 11.5 Å². The summed E-state index contributed by atoms with van der Waals surface area (Å²) >= 11 is 1.23. The molecule has 0 radical (unpaired) electrons. The Morgan fingerprint density at radius 2 is 1.72 bits per heavy atom. The average Bonchev–Trinajstić information content (AvgIpc) is 3.36. The Hall–Kier alpha value is -3.97. The van der Waals surface area contributed by atoms with E-state index in [9.17, 15) is 13.2 Å². The van der Waals surface area contributed by atoms with Gasteiger partial charge in [-0.3, -0.25) is 10.1 Å². The van der Waals surface area contributed by atoms with Crippen molar-refractivity contribution in [3.63, 3.8) is 0 Å². The molecule has 0 saturated heterocycles. The fraction of sp³-hybridized carbons (Fsp3) is 0.250. The van der Waals surface area contributed by atoms with Gasteiger partial charge in [0, 0.05) is 42.4 Å². The molecule has 0 aliphatic rings. The first-order valence-corrected chi connectivity index (χ1v) is 13.0. The Morgan fingerprint density at radius 3 is 2.31 bits per heavy atom. The molecule has 2 aromatic carbocycles. The number of amides is 1.